The second-order valence-electron chi connectivity index (χ2n) is 7.37. The van der Waals surface area contributed by atoms with Gasteiger partial charge in [0.15, 0.2) is 0 Å². The zero-order valence-corrected chi connectivity index (χ0v) is 16.0. The summed E-state index contributed by atoms with van der Waals surface area (Å²) < 4.78 is 0. The Balaban J connectivity index is 1.46. The molecule has 7 nitrogen and oxygen atoms in total. The maximum Gasteiger partial charge on any atom is 0.230 e. The van der Waals surface area contributed by atoms with Crippen molar-refractivity contribution in [2.24, 2.45) is 5.41 Å². The molecule has 7 heteroatoms. The molecule has 4 rings (SSSR count). The Morgan fingerprint density at radius 1 is 1.21 bits per heavy atom. The number of benzene rings is 1. The van der Waals surface area contributed by atoms with Gasteiger partial charge in [-0.05, 0) is 24.1 Å². The minimum absolute atomic E-state index is 0.0496. The molecule has 3 aromatic rings. The maximum absolute atomic E-state index is 13.1. The highest BCUT2D eigenvalue weighted by atomic mass is 16.2. The Morgan fingerprint density at radius 3 is 2.76 bits per heavy atom. The normalized spacial score (nSPS) is 14.7. The molecule has 2 N–H and O–H groups in total. The number of rotatable bonds is 7. The largest absolute Gasteiger partial charge is 0.355 e. The highest BCUT2D eigenvalue weighted by Gasteiger charge is 2.49. The van der Waals surface area contributed by atoms with Crippen LogP contribution in [-0.2, 0) is 17.6 Å². The van der Waals surface area contributed by atoms with E-state index in [2.05, 4.69) is 43.4 Å². The molecule has 1 aromatic carbocycles. The molecular weight excluding hydrogens is 364 g/mol. The number of hydrogen-bond acceptors (Lipinski definition) is 5. The van der Waals surface area contributed by atoms with Gasteiger partial charge in [-0.25, -0.2) is 9.97 Å². The third kappa shape index (κ3) is 4.11. The van der Waals surface area contributed by atoms with Crippen LogP contribution in [0.4, 0.5) is 5.82 Å². The second kappa shape index (κ2) is 8.15. The van der Waals surface area contributed by atoms with Crippen molar-refractivity contribution in [2.45, 2.75) is 12.8 Å². The van der Waals surface area contributed by atoms with Gasteiger partial charge in [0, 0.05) is 37.9 Å². The topological polar surface area (TPSA) is 97.7 Å². The van der Waals surface area contributed by atoms with E-state index in [9.17, 15) is 4.79 Å². The van der Waals surface area contributed by atoms with Crippen LogP contribution in [0.25, 0.3) is 0 Å². The van der Waals surface area contributed by atoms with Gasteiger partial charge in [0.05, 0.1) is 11.7 Å². The molecule has 0 saturated carbocycles. The summed E-state index contributed by atoms with van der Waals surface area (Å²) in [5.74, 6) is 0.784. The van der Waals surface area contributed by atoms with E-state index < -0.39 is 5.41 Å². The predicted octanol–water partition coefficient (Wildman–Crippen LogP) is 2.08. The molecule has 0 radical (unpaired) electrons. The Hall–Kier alpha value is -3.66. The van der Waals surface area contributed by atoms with Crippen molar-refractivity contribution in [1.82, 2.24) is 20.3 Å². The van der Waals surface area contributed by atoms with E-state index in [4.69, 9.17) is 5.26 Å². The average Bonchev–Trinajstić information content (AvgIpc) is 3.24. The molecule has 1 aliphatic rings. The number of aromatic amines is 1. The van der Waals surface area contributed by atoms with Crippen LogP contribution >= 0.6 is 0 Å². The number of H-pyrrole nitrogens is 1. The van der Waals surface area contributed by atoms with Gasteiger partial charge in [-0.2, -0.15) is 5.26 Å². The number of anilines is 1. The summed E-state index contributed by atoms with van der Waals surface area (Å²) in [6.45, 7) is 1.69. The van der Waals surface area contributed by atoms with Gasteiger partial charge in [-0.3, -0.25) is 4.79 Å². The van der Waals surface area contributed by atoms with Crippen molar-refractivity contribution in [3.05, 3.63) is 78.0 Å². The maximum atomic E-state index is 13.1. The van der Waals surface area contributed by atoms with Crippen LogP contribution in [0.2, 0.25) is 0 Å². The molecule has 1 aliphatic heterocycles. The number of carbonyl (C=O) groups is 1. The second-order valence-corrected chi connectivity index (χ2v) is 7.37. The molecule has 1 amide bonds. The first-order chi connectivity index (χ1) is 14.2. The number of imidazole rings is 1. The van der Waals surface area contributed by atoms with E-state index in [0.717, 1.165) is 17.1 Å². The van der Waals surface area contributed by atoms with E-state index in [1.807, 2.05) is 30.3 Å². The molecule has 0 bridgehead atoms. The number of nitriles is 1. The molecule has 3 heterocycles. The number of nitrogens with zero attached hydrogens (tertiary/aromatic N) is 4. The number of pyridine rings is 1. The van der Waals surface area contributed by atoms with Crippen LogP contribution in [0.1, 0.15) is 17.0 Å². The van der Waals surface area contributed by atoms with Crippen LogP contribution in [0.5, 0.6) is 0 Å². The highest BCUT2D eigenvalue weighted by Crippen LogP contribution is 2.37. The summed E-state index contributed by atoms with van der Waals surface area (Å²) in [6.07, 6.45) is 4.78. The van der Waals surface area contributed by atoms with Crippen LogP contribution in [0, 0.1) is 16.7 Å². The fraction of sp³-hybridized carbons (Fsp3) is 0.273. The summed E-state index contributed by atoms with van der Waals surface area (Å²) in [7, 11) is 0. The van der Waals surface area contributed by atoms with Gasteiger partial charge in [-0.15, -0.1) is 0 Å². The lowest BCUT2D eigenvalue weighted by Crippen LogP contribution is -2.64. The first kappa shape index (κ1) is 18.7. The zero-order chi connectivity index (χ0) is 20.1. The highest BCUT2D eigenvalue weighted by molar-refractivity contribution is 5.86. The van der Waals surface area contributed by atoms with Gasteiger partial charge in [-0.1, -0.05) is 36.4 Å². The first-order valence-electron chi connectivity index (χ1n) is 9.60. The molecule has 146 valence electrons. The van der Waals surface area contributed by atoms with E-state index in [1.165, 1.54) is 0 Å². The van der Waals surface area contributed by atoms with Crippen LogP contribution in [0.3, 0.4) is 0 Å². The molecule has 1 fully saturated rings. The Morgan fingerprint density at radius 2 is 2.03 bits per heavy atom. The molecule has 2 aromatic heterocycles. The lowest BCUT2D eigenvalue weighted by Gasteiger charge is -2.49. The van der Waals surface area contributed by atoms with Gasteiger partial charge in [0.2, 0.25) is 5.91 Å². The monoisotopic (exact) mass is 386 g/mol. The smallest absolute Gasteiger partial charge is 0.230 e. The molecule has 29 heavy (non-hydrogen) atoms. The van der Waals surface area contributed by atoms with E-state index in [0.29, 0.717) is 38.2 Å². The summed E-state index contributed by atoms with van der Waals surface area (Å²) in [5.41, 5.74) is 2.00. The Kier molecular flexibility index (Phi) is 5.25. The fourth-order valence-corrected chi connectivity index (χ4v) is 3.75. The van der Waals surface area contributed by atoms with Crippen molar-refractivity contribution in [2.75, 3.05) is 24.5 Å². The number of amides is 1. The lowest BCUT2D eigenvalue weighted by molar-refractivity contribution is -0.132. The lowest BCUT2D eigenvalue weighted by atomic mass is 9.73. The zero-order valence-electron chi connectivity index (χ0n) is 16.0. The first-order valence-corrected chi connectivity index (χ1v) is 9.60. The molecule has 0 aliphatic carbocycles. The fourth-order valence-electron chi connectivity index (χ4n) is 3.75. The summed E-state index contributed by atoms with van der Waals surface area (Å²) in [5, 5.41) is 12.2. The van der Waals surface area contributed by atoms with Crippen molar-refractivity contribution in [3.8, 4) is 6.07 Å². The Bertz CT molecular complexity index is 1000. The van der Waals surface area contributed by atoms with Crippen molar-refractivity contribution in [1.29, 1.82) is 5.26 Å². The molecule has 0 unspecified atom stereocenters. The van der Waals surface area contributed by atoms with Gasteiger partial charge in [0.25, 0.3) is 0 Å². The number of aromatic nitrogens is 3. The SMILES string of the molecule is N#Cc1cccc(N2CC(Cc3ccccc3)(C(=O)NCCc3cnc[nH]3)C2)n1. The molecular formula is C22H22N6O. The van der Waals surface area contributed by atoms with E-state index >= 15 is 0 Å². The minimum Gasteiger partial charge on any atom is -0.355 e. The number of nitrogens with one attached hydrogen (secondary N) is 2. The summed E-state index contributed by atoms with van der Waals surface area (Å²) in [6, 6.07) is 17.5. The van der Waals surface area contributed by atoms with Crippen LogP contribution in [-0.4, -0.2) is 40.5 Å². The van der Waals surface area contributed by atoms with Crippen molar-refractivity contribution >= 4 is 11.7 Å². The van der Waals surface area contributed by atoms with E-state index in [1.54, 1.807) is 18.6 Å². The van der Waals surface area contributed by atoms with Gasteiger partial charge in [0.1, 0.15) is 17.6 Å². The van der Waals surface area contributed by atoms with Gasteiger partial charge >= 0.3 is 0 Å². The Labute approximate surface area is 169 Å². The van der Waals surface area contributed by atoms with Crippen molar-refractivity contribution in [3.63, 3.8) is 0 Å². The minimum atomic E-state index is -0.514. The molecule has 0 spiro atoms. The van der Waals surface area contributed by atoms with Gasteiger partial charge < -0.3 is 15.2 Å². The predicted molar refractivity (Wildman–Crippen MR) is 109 cm³/mol. The molecule has 1 saturated heterocycles. The summed E-state index contributed by atoms with van der Waals surface area (Å²) >= 11 is 0. The van der Waals surface area contributed by atoms with Crippen LogP contribution < -0.4 is 10.2 Å². The average molecular weight is 386 g/mol. The van der Waals surface area contributed by atoms with E-state index in [-0.39, 0.29) is 5.91 Å². The third-order valence-corrected chi connectivity index (χ3v) is 5.26. The quantitative estimate of drug-likeness (QED) is 0.648. The standard InChI is InChI=1S/C22H22N6O/c23-12-18-7-4-8-20(27-18)28-14-22(15-28,11-17-5-2-1-3-6-17)21(29)25-10-9-19-13-24-16-26-19/h1-8,13,16H,9-11,14-15H2,(H,24,26)(H,25,29). The third-order valence-electron chi connectivity index (χ3n) is 5.26. The molecule has 0 atom stereocenters. The van der Waals surface area contributed by atoms with Crippen LogP contribution in [0.15, 0.2) is 61.1 Å². The number of carbonyl (C=O) groups excluding carboxylic acids is 1. The summed E-state index contributed by atoms with van der Waals surface area (Å²) in [4.78, 5) is 26.6. The number of hydrogen-bond donors (Lipinski definition) is 2. The van der Waals surface area contributed by atoms with Crippen molar-refractivity contribution < 1.29 is 4.79 Å².